The topological polar surface area (TPSA) is 73.4 Å². The van der Waals surface area contributed by atoms with Crippen LogP contribution in [0.25, 0.3) is 0 Å². The number of piperidine rings is 1. The van der Waals surface area contributed by atoms with Gasteiger partial charge in [-0.2, -0.15) is 5.26 Å². The van der Waals surface area contributed by atoms with Crippen molar-refractivity contribution in [2.75, 3.05) is 31.1 Å². The van der Waals surface area contributed by atoms with E-state index in [0.29, 0.717) is 6.54 Å². The van der Waals surface area contributed by atoms with Crippen molar-refractivity contribution in [1.29, 1.82) is 5.26 Å². The normalized spacial score (nSPS) is 16.6. The standard InChI is InChI=1S/C15H20N4O/c16-8-11-19(14-4-2-1-3-5-14)15(20)12-18-9-6-13(17)7-10-18/h1-5,13H,6-7,9-12,17H2. The molecule has 0 radical (unpaired) electrons. The number of nitriles is 1. The lowest BCUT2D eigenvalue weighted by Gasteiger charge is -2.31. The van der Waals surface area contributed by atoms with Gasteiger partial charge in [0.2, 0.25) is 5.91 Å². The fraction of sp³-hybridized carbons (Fsp3) is 0.467. The van der Waals surface area contributed by atoms with Crippen LogP contribution in [0.2, 0.25) is 0 Å². The summed E-state index contributed by atoms with van der Waals surface area (Å²) >= 11 is 0. The van der Waals surface area contributed by atoms with E-state index in [1.807, 2.05) is 30.3 Å². The van der Waals surface area contributed by atoms with E-state index in [1.165, 1.54) is 4.90 Å². The molecule has 0 aromatic heterocycles. The number of amides is 1. The second kappa shape index (κ2) is 7.04. The highest BCUT2D eigenvalue weighted by atomic mass is 16.2. The molecule has 2 rings (SSSR count). The third kappa shape index (κ3) is 3.80. The summed E-state index contributed by atoms with van der Waals surface area (Å²) in [5, 5.41) is 8.91. The van der Waals surface area contributed by atoms with E-state index in [9.17, 15) is 4.79 Å². The summed E-state index contributed by atoms with van der Waals surface area (Å²) in [7, 11) is 0. The molecule has 2 N–H and O–H groups in total. The van der Waals surface area contributed by atoms with Gasteiger partial charge in [-0.1, -0.05) is 18.2 Å². The summed E-state index contributed by atoms with van der Waals surface area (Å²) in [6.45, 7) is 2.13. The number of rotatable bonds is 4. The van der Waals surface area contributed by atoms with E-state index in [-0.39, 0.29) is 18.5 Å². The Balaban J connectivity index is 1.99. The highest BCUT2D eigenvalue weighted by molar-refractivity contribution is 5.95. The van der Waals surface area contributed by atoms with Gasteiger partial charge in [0.15, 0.2) is 0 Å². The van der Waals surface area contributed by atoms with Gasteiger partial charge in [-0.25, -0.2) is 0 Å². The Morgan fingerprint density at radius 2 is 2.00 bits per heavy atom. The van der Waals surface area contributed by atoms with E-state index in [4.69, 9.17) is 11.0 Å². The molecule has 1 amide bonds. The first-order valence-corrected chi connectivity index (χ1v) is 6.91. The number of likely N-dealkylation sites (tertiary alicyclic amines) is 1. The molecule has 0 unspecified atom stereocenters. The Bertz CT molecular complexity index is 474. The molecule has 0 saturated carbocycles. The minimum atomic E-state index is -0.0341. The van der Waals surface area contributed by atoms with Crippen LogP contribution in [0.15, 0.2) is 30.3 Å². The minimum Gasteiger partial charge on any atom is -0.328 e. The first-order valence-electron chi connectivity index (χ1n) is 6.91. The van der Waals surface area contributed by atoms with Gasteiger partial charge in [0.05, 0.1) is 12.6 Å². The van der Waals surface area contributed by atoms with Crippen LogP contribution in [0, 0.1) is 11.3 Å². The second-order valence-corrected chi connectivity index (χ2v) is 5.09. The number of hydrogen-bond donors (Lipinski definition) is 1. The van der Waals surface area contributed by atoms with Gasteiger partial charge in [0.1, 0.15) is 6.54 Å². The summed E-state index contributed by atoms with van der Waals surface area (Å²) in [6, 6.07) is 11.6. The molecular weight excluding hydrogens is 252 g/mol. The van der Waals surface area contributed by atoms with Crippen LogP contribution in [-0.2, 0) is 4.79 Å². The number of carbonyl (C=O) groups excluding carboxylic acids is 1. The predicted octanol–water partition coefficient (Wildman–Crippen LogP) is 0.966. The van der Waals surface area contributed by atoms with E-state index in [2.05, 4.69) is 11.0 Å². The van der Waals surface area contributed by atoms with Gasteiger partial charge < -0.3 is 5.73 Å². The molecule has 1 saturated heterocycles. The first-order chi connectivity index (χ1) is 9.70. The van der Waals surface area contributed by atoms with E-state index < -0.39 is 0 Å². The fourth-order valence-corrected chi connectivity index (χ4v) is 2.39. The zero-order valence-corrected chi connectivity index (χ0v) is 11.5. The molecule has 0 atom stereocenters. The van der Waals surface area contributed by atoms with Crippen LogP contribution in [0.3, 0.4) is 0 Å². The molecule has 0 aliphatic carbocycles. The molecule has 5 nitrogen and oxygen atoms in total. The van der Waals surface area contributed by atoms with Crippen molar-refractivity contribution in [2.24, 2.45) is 5.73 Å². The molecule has 1 aromatic carbocycles. The number of hydrogen-bond acceptors (Lipinski definition) is 4. The van der Waals surface area contributed by atoms with Crippen molar-refractivity contribution in [2.45, 2.75) is 18.9 Å². The number of nitrogens with two attached hydrogens (primary N) is 1. The van der Waals surface area contributed by atoms with Crippen molar-refractivity contribution in [3.63, 3.8) is 0 Å². The molecule has 1 aromatic rings. The molecule has 5 heteroatoms. The zero-order chi connectivity index (χ0) is 14.4. The molecule has 106 valence electrons. The first kappa shape index (κ1) is 14.5. The Labute approximate surface area is 119 Å². The van der Waals surface area contributed by atoms with Crippen molar-refractivity contribution in [1.82, 2.24) is 4.90 Å². The number of para-hydroxylation sites is 1. The average Bonchev–Trinajstić information content (AvgIpc) is 2.48. The zero-order valence-electron chi connectivity index (χ0n) is 11.5. The third-order valence-electron chi connectivity index (χ3n) is 3.59. The van der Waals surface area contributed by atoms with Crippen molar-refractivity contribution >= 4 is 11.6 Å². The highest BCUT2D eigenvalue weighted by Gasteiger charge is 2.22. The molecule has 1 aliphatic rings. The Morgan fingerprint density at radius 3 is 2.60 bits per heavy atom. The van der Waals surface area contributed by atoms with Crippen LogP contribution in [0.4, 0.5) is 5.69 Å². The van der Waals surface area contributed by atoms with E-state index in [0.717, 1.165) is 31.6 Å². The van der Waals surface area contributed by atoms with Crippen LogP contribution >= 0.6 is 0 Å². The van der Waals surface area contributed by atoms with Crippen molar-refractivity contribution in [3.05, 3.63) is 30.3 Å². The largest absolute Gasteiger partial charge is 0.328 e. The number of benzene rings is 1. The van der Waals surface area contributed by atoms with Gasteiger partial charge in [0.25, 0.3) is 0 Å². The van der Waals surface area contributed by atoms with Crippen molar-refractivity contribution < 1.29 is 4.79 Å². The lowest BCUT2D eigenvalue weighted by Crippen LogP contribution is -2.46. The maximum Gasteiger partial charge on any atom is 0.242 e. The number of nitrogens with zero attached hydrogens (tertiary/aromatic N) is 3. The van der Waals surface area contributed by atoms with E-state index in [1.54, 1.807) is 0 Å². The lowest BCUT2D eigenvalue weighted by atomic mass is 10.1. The van der Waals surface area contributed by atoms with Gasteiger partial charge in [-0.05, 0) is 25.0 Å². The minimum absolute atomic E-state index is 0.0341. The summed E-state index contributed by atoms with van der Waals surface area (Å²) in [6.07, 6.45) is 1.85. The smallest absolute Gasteiger partial charge is 0.242 e. The van der Waals surface area contributed by atoms with Crippen LogP contribution in [0.1, 0.15) is 12.8 Å². The number of anilines is 1. The summed E-state index contributed by atoms with van der Waals surface area (Å²) < 4.78 is 0. The van der Waals surface area contributed by atoms with E-state index >= 15 is 0 Å². The second-order valence-electron chi connectivity index (χ2n) is 5.09. The van der Waals surface area contributed by atoms with Crippen molar-refractivity contribution in [3.8, 4) is 6.07 Å². The lowest BCUT2D eigenvalue weighted by molar-refractivity contribution is -0.119. The predicted molar refractivity (Wildman–Crippen MR) is 78.1 cm³/mol. The monoisotopic (exact) mass is 272 g/mol. The number of carbonyl (C=O) groups is 1. The maximum absolute atomic E-state index is 12.4. The Kier molecular flexibility index (Phi) is 5.10. The maximum atomic E-state index is 12.4. The van der Waals surface area contributed by atoms with Gasteiger partial charge in [-0.15, -0.1) is 0 Å². The third-order valence-corrected chi connectivity index (χ3v) is 3.59. The molecule has 0 spiro atoms. The molecular formula is C15H20N4O. The van der Waals surface area contributed by atoms with Crippen LogP contribution < -0.4 is 10.6 Å². The SMILES string of the molecule is N#CCN(C(=O)CN1CCC(N)CC1)c1ccccc1. The van der Waals surface area contributed by atoms with Crippen LogP contribution in [-0.4, -0.2) is 43.0 Å². The highest BCUT2D eigenvalue weighted by Crippen LogP contribution is 2.14. The average molecular weight is 272 g/mol. The Hall–Kier alpha value is -1.90. The molecule has 1 fully saturated rings. The van der Waals surface area contributed by atoms with Crippen LogP contribution in [0.5, 0.6) is 0 Å². The quantitative estimate of drug-likeness (QED) is 0.829. The van der Waals surface area contributed by atoms with Gasteiger partial charge in [-0.3, -0.25) is 14.6 Å². The summed E-state index contributed by atoms with van der Waals surface area (Å²) in [5.41, 5.74) is 6.63. The summed E-state index contributed by atoms with van der Waals surface area (Å²) in [4.78, 5) is 16.0. The molecule has 20 heavy (non-hydrogen) atoms. The summed E-state index contributed by atoms with van der Waals surface area (Å²) in [5.74, 6) is -0.0341. The molecule has 1 heterocycles. The molecule has 1 aliphatic heterocycles. The van der Waals surface area contributed by atoms with Gasteiger partial charge in [0, 0.05) is 24.8 Å². The fourth-order valence-electron chi connectivity index (χ4n) is 2.39. The van der Waals surface area contributed by atoms with Gasteiger partial charge >= 0.3 is 0 Å². The molecule has 0 bridgehead atoms. The Morgan fingerprint density at radius 1 is 1.35 bits per heavy atom.